The van der Waals surface area contributed by atoms with Gasteiger partial charge >= 0.3 is 5.97 Å². The maximum Gasteiger partial charge on any atom is 0.305 e. The van der Waals surface area contributed by atoms with Gasteiger partial charge in [0.2, 0.25) is 0 Å². The second kappa shape index (κ2) is 5.57. The largest absolute Gasteiger partial charge is 0.481 e. The lowest BCUT2D eigenvalue weighted by molar-refractivity contribution is -0.137. The molecular formula is C13H13ClFNO3. The number of nitrogens with one attached hydrogen (secondary N) is 1. The van der Waals surface area contributed by atoms with Gasteiger partial charge in [0.15, 0.2) is 0 Å². The first kappa shape index (κ1) is 13.8. The molecule has 1 atom stereocenters. The van der Waals surface area contributed by atoms with Gasteiger partial charge in [-0.1, -0.05) is 17.7 Å². The standard InChI is InChI=1S/C13H13ClFNO3/c14-8-2-1-3-9(15)12(8)13(19)16-10(6-11(17)18)7-4-5-7/h1-3,7,10H,4-6H2,(H,16,19)(H,17,18). The fourth-order valence-corrected chi connectivity index (χ4v) is 2.23. The molecule has 1 unspecified atom stereocenters. The highest BCUT2D eigenvalue weighted by atomic mass is 35.5. The average Bonchev–Trinajstić information content (AvgIpc) is 3.10. The average molecular weight is 286 g/mol. The number of benzene rings is 1. The van der Waals surface area contributed by atoms with Crippen LogP contribution in [0.2, 0.25) is 5.02 Å². The molecule has 0 bridgehead atoms. The number of rotatable bonds is 5. The Kier molecular flexibility index (Phi) is 4.04. The molecule has 2 rings (SSSR count). The van der Waals surface area contributed by atoms with Gasteiger partial charge in [0.1, 0.15) is 5.82 Å². The minimum atomic E-state index is -0.989. The Bertz CT molecular complexity index is 496. The van der Waals surface area contributed by atoms with Gasteiger partial charge in [-0.25, -0.2) is 4.39 Å². The van der Waals surface area contributed by atoms with Gasteiger partial charge in [-0.15, -0.1) is 0 Å². The van der Waals surface area contributed by atoms with Gasteiger partial charge in [-0.3, -0.25) is 9.59 Å². The number of hydrogen-bond acceptors (Lipinski definition) is 2. The number of carbonyl (C=O) groups is 2. The molecule has 1 saturated carbocycles. The molecule has 0 heterocycles. The van der Waals surface area contributed by atoms with Gasteiger partial charge in [-0.05, 0) is 30.9 Å². The number of carboxylic acid groups (broad SMARTS) is 1. The lowest BCUT2D eigenvalue weighted by Crippen LogP contribution is -2.38. The SMILES string of the molecule is O=C(O)CC(NC(=O)c1c(F)cccc1Cl)C1CC1. The van der Waals surface area contributed by atoms with Crippen molar-refractivity contribution in [3.8, 4) is 0 Å². The lowest BCUT2D eigenvalue weighted by atomic mass is 10.1. The van der Waals surface area contributed by atoms with E-state index in [4.69, 9.17) is 16.7 Å². The number of amides is 1. The van der Waals surface area contributed by atoms with Crippen LogP contribution >= 0.6 is 11.6 Å². The number of halogens is 2. The Balaban J connectivity index is 2.12. The molecule has 0 spiro atoms. The smallest absolute Gasteiger partial charge is 0.305 e. The van der Waals surface area contributed by atoms with Crippen molar-refractivity contribution in [3.63, 3.8) is 0 Å². The molecule has 0 aliphatic heterocycles. The molecule has 102 valence electrons. The van der Waals surface area contributed by atoms with Gasteiger partial charge in [-0.2, -0.15) is 0 Å². The fraction of sp³-hybridized carbons (Fsp3) is 0.385. The van der Waals surface area contributed by atoms with Crippen LogP contribution in [0.4, 0.5) is 4.39 Å². The Morgan fingerprint density at radius 2 is 2.16 bits per heavy atom. The third-order valence-corrected chi connectivity index (χ3v) is 3.41. The highest BCUT2D eigenvalue weighted by Gasteiger charge is 2.34. The molecule has 1 fully saturated rings. The van der Waals surface area contributed by atoms with Crippen LogP contribution in [0.15, 0.2) is 18.2 Å². The summed E-state index contributed by atoms with van der Waals surface area (Å²) in [5, 5.41) is 11.4. The minimum Gasteiger partial charge on any atom is -0.481 e. The van der Waals surface area contributed by atoms with E-state index in [0.717, 1.165) is 18.9 Å². The van der Waals surface area contributed by atoms with Crippen LogP contribution in [0.5, 0.6) is 0 Å². The Morgan fingerprint density at radius 1 is 1.47 bits per heavy atom. The number of carbonyl (C=O) groups excluding carboxylic acids is 1. The highest BCUT2D eigenvalue weighted by molar-refractivity contribution is 6.33. The van der Waals surface area contributed by atoms with E-state index >= 15 is 0 Å². The van der Waals surface area contributed by atoms with E-state index in [9.17, 15) is 14.0 Å². The molecule has 1 aromatic rings. The molecule has 0 aromatic heterocycles. The zero-order valence-electron chi connectivity index (χ0n) is 10.0. The molecule has 1 aromatic carbocycles. The van der Waals surface area contributed by atoms with Crippen LogP contribution in [0, 0.1) is 11.7 Å². The third-order valence-electron chi connectivity index (χ3n) is 3.09. The summed E-state index contributed by atoms with van der Waals surface area (Å²) in [4.78, 5) is 22.7. The summed E-state index contributed by atoms with van der Waals surface area (Å²) in [5.74, 6) is -2.21. The first-order chi connectivity index (χ1) is 8.99. The van der Waals surface area contributed by atoms with E-state index in [-0.39, 0.29) is 22.9 Å². The normalized spacial score (nSPS) is 15.9. The Hall–Kier alpha value is -1.62. The van der Waals surface area contributed by atoms with Gasteiger partial charge in [0, 0.05) is 6.04 Å². The van der Waals surface area contributed by atoms with Crippen molar-refractivity contribution >= 4 is 23.5 Å². The zero-order chi connectivity index (χ0) is 14.0. The van der Waals surface area contributed by atoms with Crippen LogP contribution in [-0.4, -0.2) is 23.0 Å². The maximum absolute atomic E-state index is 13.6. The van der Waals surface area contributed by atoms with Crippen molar-refractivity contribution in [3.05, 3.63) is 34.6 Å². The molecule has 2 N–H and O–H groups in total. The van der Waals surface area contributed by atoms with Crippen LogP contribution < -0.4 is 5.32 Å². The molecule has 0 radical (unpaired) electrons. The molecule has 1 aliphatic carbocycles. The summed E-state index contributed by atoms with van der Waals surface area (Å²) >= 11 is 5.79. The van der Waals surface area contributed by atoms with E-state index < -0.39 is 23.7 Å². The highest BCUT2D eigenvalue weighted by Crippen LogP contribution is 2.34. The second-order valence-electron chi connectivity index (χ2n) is 4.61. The topological polar surface area (TPSA) is 66.4 Å². The van der Waals surface area contributed by atoms with E-state index in [0.29, 0.717) is 0 Å². The molecule has 6 heteroatoms. The molecular weight excluding hydrogens is 273 g/mol. The summed E-state index contributed by atoms with van der Waals surface area (Å²) < 4.78 is 13.6. The van der Waals surface area contributed by atoms with Crippen molar-refractivity contribution in [1.29, 1.82) is 0 Å². The number of hydrogen-bond donors (Lipinski definition) is 2. The summed E-state index contributed by atoms with van der Waals surface area (Å²) in [5.41, 5.74) is -0.236. The minimum absolute atomic E-state index is 0.0161. The monoisotopic (exact) mass is 285 g/mol. The third kappa shape index (κ3) is 3.44. The first-order valence-corrected chi connectivity index (χ1v) is 6.33. The van der Waals surface area contributed by atoms with Gasteiger partial charge in [0.25, 0.3) is 5.91 Å². The summed E-state index contributed by atoms with van der Waals surface area (Å²) in [6, 6.07) is 3.50. The van der Waals surface area contributed by atoms with Crippen LogP contribution in [0.1, 0.15) is 29.6 Å². The van der Waals surface area contributed by atoms with Crippen LogP contribution in [-0.2, 0) is 4.79 Å². The number of carboxylic acids is 1. The molecule has 4 nitrogen and oxygen atoms in total. The zero-order valence-corrected chi connectivity index (χ0v) is 10.8. The predicted octanol–water partition coefficient (Wildman–Crippen LogP) is 2.46. The van der Waals surface area contributed by atoms with Crippen LogP contribution in [0.25, 0.3) is 0 Å². The number of aliphatic carboxylic acids is 1. The second-order valence-corrected chi connectivity index (χ2v) is 5.02. The van der Waals surface area contributed by atoms with Crippen molar-refractivity contribution < 1.29 is 19.1 Å². The maximum atomic E-state index is 13.6. The lowest BCUT2D eigenvalue weighted by Gasteiger charge is -2.16. The quantitative estimate of drug-likeness (QED) is 0.873. The Labute approximate surface area is 114 Å². The van der Waals surface area contributed by atoms with Crippen molar-refractivity contribution in [1.82, 2.24) is 5.32 Å². The fourth-order valence-electron chi connectivity index (χ4n) is 1.98. The molecule has 1 aliphatic rings. The molecule has 0 saturated heterocycles. The summed E-state index contributed by atoms with van der Waals surface area (Å²) in [6.07, 6.45) is 1.59. The van der Waals surface area contributed by atoms with Gasteiger partial charge in [0.05, 0.1) is 17.0 Å². The summed E-state index contributed by atoms with van der Waals surface area (Å²) in [6.45, 7) is 0. The van der Waals surface area contributed by atoms with Crippen molar-refractivity contribution in [2.24, 2.45) is 5.92 Å². The van der Waals surface area contributed by atoms with Crippen LogP contribution in [0.3, 0.4) is 0 Å². The first-order valence-electron chi connectivity index (χ1n) is 5.95. The molecule has 19 heavy (non-hydrogen) atoms. The predicted molar refractivity (Wildman–Crippen MR) is 67.6 cm³/mol. The van der Waals surface area contributed by atoms with E-state index in [1.807, 2.05) is 0 Å². The van der Waals surface area contributed by atoms with E-state index in [1.165, 1.54) is 12.1 Å². The van der Waals surface area contributed by atoms with E-state index in [2.05, 4.69) is 5.32 Å². The van der Waals surface area contributed by atoms with E-state index in [1.54, 1.807) is 0 Å². The van der Waals surface area contributed by atoms with Crippen molar-refractivity contribution in [2.75, 3.05) is 0 Å². The summed E-state index contributed by atoms with van der Waals surface area (Å²) in [7, 11) is 0. The Morgan fingerprint density at radius 3 is 2.68 bits per heavy atom. The van der Waals surface area contributed by atoms with Gasteiger partial charge < -0.3 is 10.4 Å². The van der Waals surface area contributed by atoms with Crippen molar-refractivity contribution in [2.45, 2.75) is 25.3 Å². The molecule has 1 amide bonds.